The summed E-state index contributed by atoms with van der Waals surface area (Å²) in [5.41, 5.74) is 0. The third kappa shape index (κ3) is 9.22. The van der Waals surface area contributed by atoms with Crippen molar-refractivity contribution in [1.29, 1.82) is 0 Å². The van der Waals surface area contributed by atoms with E-state index in [1.807, 2.05) is 5.32 Å². The molecule has 0 bridgehead atoms. The van der Waals surface area contributed by atoms with Crippen LogP contribution in [0.5, 0.6) is 0 Å². The molecular formula is C4H7LiNO2. The Hall–Kier alpha value is -0.263. The summed E-state index contributed by atoms with van der Waals surface area (Å²) >= 11 is 0. The van der Waals surface area contributed by atoms with Crippen molar-refractivity contribution >= 4 is 30.7 Å². The topological polar surface area (TPSA) is 46.2 Å². The second kappa shape index (κ2) is 4.89. The van der Waals surface area contributed by atoms with Crippen molar-refractivity contribution in [1.82, 2.24) is 5.32 Å². The number of hydrogen-bond acceptors (Lipinski definition) is 2. The van der Waals surface area contributed by atoms with Gasteiger partial charge in [0, 0.05) is 32.7 Å². The Balaban J connectivity index is 0. The van der Waals surface area contributed by atoms with Gasteiger partial charge in [-0.25, -0.2) is 0 Å². The zero-order valence-corrected chi connectivity index (χ0v) is 5.32. The summed E-state index contributed by atoms with van der Waals surface area (Å²) in [4.78, 5) is 19.8. The smallest absolute Gasteiger partial charge is 0.223 e. The Morgan fingerprint density at radius 2 is 1.38 bits per heavy atom. The van der Waals surface area contributed by atoms with Gasteiger partial charge in [-0.2, -0.15) is 0 Å². The van der Waals surface area contributed by atoms with Crippen molar-refractivity contribution in [2.45, 2.75) is 13.8 Å². The molecule has 4 heteroatoms. The van der Waals surface area contributed by atoms with E-state index in [9.17, 15) is 9.59 Å². The van der Waals surface area contributed by atoms with Crippen molar-refractivity contribution in [3.63, 3.8) is 0 Å². The van der Waals surface area contributed by atoms with E-state index in [2.05, 4.69) is 0 Å². The summed E-state index contributed by atoms with van der Waals surface area (Å²) < 4.78 is 0. The molecule has 0 atom stereocenters. The molecule has 1 N–H and O–H groups in total. The maximum atomic E-state index is 9.92. The second-order valence-corrected chi connectivity index (χ2v) is 1.24. The van der Waals surface area contributed by atoms with Crippen LogP contribution in [0, 0.1) is 0 Å². The van der Waals surface area contributed by atoms with Gasteiger partial charge in [-0.15, -0.1) is 0 Å². The molecule has 1 radical (unpaired) electrons. The van der Waals surface area contributed by atoms with Gasteiger partial charge in [-0.3, -0.25) is 14.9 Å². The molecule has 0 spiro atoms. The van der Waals surface area contributed by atoms with Crippen molar-refractivity contribution in [3.8, 4) is 0 Å². The van der Waals surface area contributed by atoms with E-state index in [4.69, 9.17) is 0 Å². The standard InChI is InChI=1S/C4H7NO2.Li/c1-3(6)5-4(2)7;/h1-2H3,(H,5,6,7);. The number of amides is 2. The van der Waals surface area contributed by atoms with Crippen molar-refractivity contribution in [2.24, 2.45) is 0 Å². The summed E-state index contributed by atoms with van der Waals surface area (Å²) in [5.74, 6) is -0.625. The van der Waals surface area contributed by atoms with Crippen LogP contribution in [0.4, 0.5) is 0 Å². The summed E-state index contributed by atoms with van der Waals surface area (Å²) in [7, 11) is 0. The van der Waals surface area contributed by atoms with E-state index >= 15 is 0 Å². The predicted molar refractivity (Wildman–Crippen MR) is 30.3 cm³/mol. The summed E-state index contributed by atoms with van der Waals surface area (Å²) in [6, 6.07) is 0. The number of hydrogen-bond donors (Lipinski definition) is 1. The minimum atomic E-state index is -0.312. The van der Waals surface area contributed by atoms with Crippen LogP contribution in [0.2, 0.25) is 0 Å². The van der Waals surface area contributed by atoms with Gasteiger partial charge in [-0.1, -0.05) is 0 Å². The van der Waals surface area contributed by atoms with Crippen LogP contribution < -0.4 is 5.32 Å². The molecule has 0 saturated heterocycles. The predicted octanol–water partition coefficient (Wildman–Crippen LogP) is -0.712. The molecule has 0 rings (SSSR count). The molecule has 8 heavy (non-hydrogen) atoms. The first kappa shape index (κ1) is 10.7. The SMILES string of the molecule is CC(=O)NC(C)=O.[Li]. The van der Waals surface area contributed by atoms with Gasteiger partial charge in [0.1, 0.15) is 0 Å². The van der Waals surface area contributed by atoms with Crippen LogP contribution >= 0.6 is 0 Å². The van der Waals surface area contributed by atoms with Crippen molar-refractivity contribution < 1.29 is 9.59 Å². The summed E-state index contributed by atoms with van der Waals surface area (Å²) in [6.07, 6.45) is 0. The number of carbonyl (C=O) groups excluding carboxylic acids is 2. The molecule has 0 aliphatic rings. The van der Waals surface area contributed by atoms with Crippen LogP contribution in [0.3, 0.4) is 0 Å². The molecule has 0 heterocycles. The molecule has 0 saturated carbocycles. The van der Waals surface area contributed by atoms with E-state index < -0.39 is 0 Å². The number of imide groups is 1. The summed E-state index contributed by atoms with van der Waals surface area (Å²) in [5, 5.41) is 2.03. The quantitative estimate of drug-likeness (QED) is 0.416. The largest absolute Gasteiger partial charge is 0.297 e. The van der Waals surface area contributed by atoms with Gasteiger partial charge in [0.05, 0.1) is 0 Å². The molecule has 3 nitrogen and oxygen atoms in total. The number of carbonyl (C=O) groups is 2. The zero-order valence-electron chi connectivity index (χ0n) is 5.32. The maximum Gasteiger partial charge on any atom is 0.223 e. The van der Waals surface area contributed by atoms with Gasteiger partial charge in [0.2, 0.25) is 11.8 Å². The average molecular weight is 108 g/mol. The average Bonchev–Trinajstić information content (AvgIpc) is 1.27. The minimum absolute atomic E-state index is 0. The van der Waals surface area contributed by atoms with Gasteiger partial charge in [-0.05, 0) is 0 Å². The van der Waals surface area contributed by atoms with E-state index in [0.717, 1.165) is 0 Å². The van der Waals surface area contributed by atoms with Crippen molar-refractivity contribution in [2.75, 3.05) is 0 Å². The Morgan fingerprint density at radius 3 is 1.38 bits per heavy atom. The molecule has 0 fully saturated rings. The van der Waals surface area contributed by atoms with Gasteiger partial charge in [0.25, 0.3) is 0 Å². The van der Waals surface area contributed by atoms with Gasteiger partial charge < -0.3 is 0 Å². The minimum Gasteiger partial charge on any atom is -0.297 e. The molecule has 2 amide bonds. The molecule has 0 aromatic rings. The Labute approximate surface area is 60.0 Å². The number of nitrogens with one attached hydrogen (secondary N) is 1. The van der Waals surface area contributed by atoms with Gasteiger partial charge in [0.15, 0.2) is 0 Å². The van der Waals surface area contributed by atoms with Crippen LogP contribution in [0.1, 0.15) is 13.8 Å². The van der Waals surface area contributed by atoms with E-state index in [0.29, 0.717) is 0 Å². The molecule has 0 aromatic heterocycles. The Morgan fingerprint density at radius 1 is 1.12 bits per heavy atom. The third-order valence-electron chi connectivity index (χ3n) is 0.352. The normalized spacial score (nSPS) is 6.75. The maximum absolute atomic E-state index is 9.92. The monoisotopic (exact) mass is 108 g/mol. The fraction of sp³-hybridized carbons (Fsp3) is 0.500. The molecule has 41 valence electrons. The van der Waals surface area contributed by atoms with Crippen LogP contribution in [-0.2, 0) is 9.59 Å². The molecule has 0 aliphatic carbocycles. The van der Waals surface area contributed by atoms with E-state index in [-0.39, 0.29) is 30.7 Å². The van der Waals surface area contributed by atoms with E-state index in [1.165, 1.54) is 13.8 Å². The molecule has 0 unspecified atom stereocenters. The first-order chi connectivity index (χ1) is 3.13. The zero-order chi connectivity index (χ0) is 5.86. The van der Waals surface area contributed by atoms with Gasteiger partial charge >= 0.3 is 0 Å². The molecule has 0 aliphatic heterocycles. The van der Waals surface area contributed by atoms with Crippen LogP contribution in [-0.4, -0.2) is 30.7 Å². The first-order valence-electron chi connectivity index (χ1n) is 1.91. The Bertz CT molecular complexity index is 90.2. The van der Waals surface area contributed by atoms with Crippen LogP contribution in [0.15, 0.2) is 0 Å². The fourth-order valence-electron chi connectivity index (χ4n) is 0.248. The Kier molecular flexibility index (Phi) is 6.52. The molecule has 0 aromatic carbocycles. The van der Waals surface area contributed by atoms with Crippen molar-refractivity contribution in [3.05, 3.63) is 0 Å². The van der Waals surface area contributed by atoms with Crippen LogP contribution in [0.25, 0.3) is 0 Å². The summed E-state index contributed by atoms with van der Waals surface area (Å²) in [6.45, 7) is 2.59. The molecular weight excluding hydrogens is 101 g/mol. The first-order valence-corrected chi connectivity index (χ1v) is 1.91. The third-order valence-corrected chi connectivity index (χ3v) is 0.352. The number of rotatable bonds is 0. The van der Waals surface area contributed by atoms with E-state index in [1.54, 1.807) is 0 Å². The second-order valence-electron chi connectivity index (χ2n) is 1.24. The fourth-order valence-corrected chi connectivity index (χ4v) is 0.248.